The van der Waals surface area contributed by atoms with Crippen molar-refractivity contribution >= 4 is 5.78 Å². The van der Waals surface area contributed by atoms with Crippen LogP contribution in [0.25, 0.3) is 0 Å². The molecule has 1 aromatic heterocycles. The van der Waals surface area contributed by atoms with Crippen LogP contribution in [-0.2, 0) is 4.79 Å². The van der Waals surface area contributed by atoms with Crippen molar-refractivity contribution in [2.75, 3.05) is 0 Å². The van der Waals surface area contributed by atoms with Crippen LogP contribution in [0.3, 0.4) is 0 Å². The van der Waals surface area contributed by atoms with E-state index in [0.717, 1.165) is 18.4 Å². The Kier molecular flexibility index (Phi) is 4.65. The van der Waals surface area contributed by atoms with Crippen molar-refractivity contribution < 1.29 is 4.79 Å². The molecule has 0 spiro atoms. The van der Waals surface area contributed by atoms with Gasteiger partial charge in [0.05, 0.1) is 6.07 Å². The summed E-state index contributed by atoms with van der Waals surface area (Å²) in [5.74, 6) is -0.692. The number of ketones is 1. The quantitative estimate of drug-likeness (QED) is 0.760. The van der Waals surface area contributed by atoms with E-state index in [0.29, 0.717) is 0 Å². The summed E-state index contributed by atoms with van der Waals surface area (Å²) in [4.78, 5) is 15.9. The number of nitrogens with zero attached hydrogens (tertiary/aromatic N) is 2. The van der Waals surface area contributed by atoms with Gasteiger partial charge in [0.1, 0.15) is 5.92 Å². The highest BCUT2D eigenvalue weighted by molar-refractivity contribution is 5.90. The molecule has 2 atom stereocenters. The van der Waals surface area contributed by atoms with Crippen LogP contribution in [-0.4, -0.2) is 10.8 Å². The second-order valence-corrected chi connectivity index (χ2v) is 3.93. The first-order chi connectivity index (χ1) is 7.70. The van der Waals surface area contributed by atoms with E-state index in [9.17, 15) is 4.79 Å². The van der Waals surface area contributed by atoms with Crippen molar-refractivity contribution in [2.24, 2.45) is 5.92 Å². The molecule has 0 saturated heterocycles. The molecule has 0 radical (unpaired) electrons. The first-order valence-corrected chi connectivity index (χ1v) is 5.54. The molecule has 0 fully saturated rings. The van der Waals surface area contributed by atoms with E-state index in [2.05, 4.69) is 11.1 Å². The molecule has 3 nitrogen and oxygen atoms in total. The third kappa shape index (κ3) is 2.90. The van der Waals surface area contributed by atoms with Crippen LogP contribution in [0.15, 0.2) is 24.5 Å². The van der Waals surface area contributed by atoms with Gasteiger partial charge in [-0.3, -0.25) is 9.78 Å². The zero-order valence-corrected chi connectivity index (χ0v) is 9.68. The van der Waals surface area contributed by atoms with E-state index in [1.54, 1.807) is 24.5 Å². The average Bonchev–Trinajstić information content (AvgIpc) is 2.31. The number of hydrogen-bond acceptors (Lipinski definition) is 3. The van der Waals surface area contributed by atoms with Crippen LogP contribution in [0, 0.1) is 17.2 Å². The van der Waals surface area contributed by atoms with Crippen molar-refractivity contribution in [1.82, 2.24) is 4.98 Å². The van der Waals surface area contributed by atoms with E-state index in [1.165, 1.54) is 0 Å². The Bertz CT molecular complexity index is 381. The predicted molar refractivity (Wildman–Crippen MR) is 61.7 cm³/mol. The van der Waals surface area contributed by atoms with Gasteiger partial charge in [-0.2, -0.15) is 5.26 Å². The lowest BCUT2D eigenvalue weighted by molar-refractivity contribution is -0.122. The molecule has 84 valence electrons. The highest BCUT2D eigenvalue weighted by Crippen LogP contribution is 2.21. The van der Waals surface area contributed by atoms with Crippen molar-refractivity contribution in [3.8, 4) is 6.07 Å². The lowest BCUT2D eigenvalue weighted by Crippen LogP contribution is -2.19. The smallest absolute Gasteiger partial charge is 0.157 e. The molecule has 0 aromatic carbocycles. The van der Waals surface area contributed by atoms with E-state index in [1.807, 2.05) is 13.8 Å². The molecule has 0 aliphatic heterocycles. The molecule has 2 unspecified atom stereocenters. The van der Waals surface area contributed by atoms with Gasteiger partial charge in [-0.25, -0.2) is 0 Å². The van der Waals surface area contributed by atoms with Crippen LogP contribution in [0.4, 0.5) is 0 Å². The Hall–Kier alpha value is -1.69. The van der Waals surface area contributed by atoms with Crippen LogP contribution < -0.4 is 0 Å². The van der Waals surface area contributed by atoms with Crippen LogP contribution >= 0.6 is 0 Å². The van der Waals surface area contributed by atoms with Gasteiger partial charge in [-0.05, 0) is 24.1 Å². The summed E-state index contributed by atoms with van der Waals surface area (Å²) in [6.07, 6.45) is 5.01. The molecule has 0 bridgehead atoms. The number of nitriles is 1. The summed E-state index contributed by atoms with van der Waals surface area (Å²) in [5, 5.41) is 9.08. The fraction of sp³-hybridized carbons (Fsp3) is 0.462. The standard InChI is InChI=1S/C13H16N2O/c1-3-4-10(2)13(16)12(9-14)11-5-7-15-8-6-11/h5-8,10,12H,3-4H2,1-2H3. The largest absolute Gasteiger partial charge is 0.298 e. The van der Waals surface area contributed by atoms with Gasteiger partial charge < -0.3 is 0 Å². The normalized spacial score (nSPS) is 13.8. The Balaban J connectivity index is 2.84. The average molecular weight is 216 g/mol. The third-order valence-electron chi connectivity index (χ3n) is 2.66. The number of pyridine rings is 1. The minimum atomic E-state index is -0.649. The number of aromatic nitrogens is 1. The van der Waals surface area contributed by atoms with Gasteiger partial charge in [0.25, 0.3) is 0 Å². The summed E-state index contributed by atoms with van der Waals surface area (Å²) >= 11 is 0. The zero-order valence-electron chi connectivity index (χ0n) is 9.68. The summed E-state index contributed by atoms with van der Waals surface area (Å²) in [7, 11) is 0. The maximum atomic E-state index is 12.0. The fourth-order valence-corrected chi connectivity index (χ4v) is 1.72. The first kappa shape index (κ1) is 12.4. The monoisotopic (exact) mass is 216 g/mol. The van der Waals surface area contributed by atoms with Crippen LogP contribution in [0.5, 0.6) is 0 Å². The summed E-state index contributed by atoms with van der Waals surface area (Å²) in [6, 6.07) is 5.53. The minimum Gasteiger partial charge on any atom is -0.298 e. The molecule has 0 aliphatic carbocycles. The van der Waals surface area contributed by atoms with Crippen molar-refractivity contribution in [3.63, 3.8) is 0 Å². The molecular formula is C13H16N2O. The fourth-order valence-electron chi connectivity index (χ4n) is 1.72. The highest BCUT2D eigenvalue weighted by Gasteiger charge is 2.24. The van der Waals surface area contributed by atoms with Gasteiger partial charge in [0.2, 0.25) is 0 Å². The number of carbonyl (C=O) groups excluding carboxylic acids is 1. The number of rotatable bonds is 5. The predicted octanol–water partition coefficient (Wildman–Crippen LogP) is 2.69. The number of hydrogen-bond donors (Lipinski definition) is 0. The molecule has 16 heavy (non-hydrogen) atoms. The minimum absolute atomic E-state index is 0.00977. The number of carbonyl (C=O) groups is 1. The number of Topliss-reactive ketones (excluding diaryl/α,β-unsaturated/α-hetero) is 1. The topological polar surface area (TPSA) is 53.8 Å². The van der Waals surface area contributed by atoms with Gasteiger partial charge in [0, 0.05) is 18.3 Å². The molecule has 0 saturated carbocycles. The zero-order chi connectivity index (χ0) is 12.0. The molecule has 1 rings (SSSR count). The van der Waals surface area contributed by atoms with Gasteiger partial charge in [-0.15, -0.1) is 0 Å². The van der Waals surface area contributed by atoms with E-state index < -0.39 is 5.92 Å². The lowest BCUT2D eigenvalue weighted by Gasteiger charge is -2.13. The van der Waals surface area contributed by atoms with Gasteiger partial charge in [0.15, 0.2) is 5.78 Å². The first-order valence-electron chi connectivity index (χ1n) is 5.54. The highest BCUT2D eigenvalue weighted by atomic mass is 16.1. The van der Waals surface area contributed by atoms with Crippen molar-refractivity contribution in [1.29, 1.82) is 5.26 Å². The molecule has 0 amide bonds. The summed E-state index contributed by atoms with van der Waals surface area (Å²) < 4.78 is 0. The molecular weight excluding hydrogens is 200 g/mol. The van der Waals surface area contributed by atoms with Gasteiger partial charge in [-0.1, -0.05) is 20.3 Å². The third-order valence-corrected chi connectivity index (χ3v) is 2.66. The molecule has 3 heteroatoms. The van der Waals surface area contributed by atoms with Crippen molar-refractivity contribution in [3.05, 3.63) is 30.1 Å². The Morgan fingerprint density at radius 1 is 1.50 bits per heavy atom. The second kappa shape index (κ2) is 6.02. The maximum absolute atomic E-state index is 12.0. The SMILES string of the molecule is CCCC(C)C(=O)C(C#N)c1ccncc1. The lowest BCUT2D eigenvalue weighted by atomic mass is 9.87. The Morgan fingerprint density at radius 3 is 2.62 bits per heavy atom. The summed E-state index contributed by atoms with van der Waals surface area (Å²) in [5.41, 5.74) is 0.741. The Labute approximate surface area is 96.1 Å². The maximum Gasteiger partial charge on any atom is 0.157 e. The van der Waals surface area contributed by atoms with Crippen LogP contribution in [0.2, 0.25) is 0 Å². The Morgan fingerprint density at radius 2 is 2.12 bits per heavy atom. The van der Waals surface area contributed by atoms with Crippen molar-refractivity contribution in [2.45, 2.75) is 32.6 Å². The van der Waals surface area contributed by atoms with Crippen LogP contribution in [0.1, 0.15) is 38.2 Å². The molecule has 0 aliphatic rings. The molecule has 1 aromatic rings. The van der Waals surface area contributed by atoms with Gasteiger partial charge >= 0.3 is 0 Å². The second-order valence-electron chi connectivity index (χ2n) is 3.93. The summed E-state index contributed by atoms with van der Waals surface area (Å²) in [6.45, 7) is 3.93. The molecule has 0 N–H and O–H groups in total. The van der Waals surface area contributed by atoms with E-state index >= 15 is 0 Å². The van der Waals surface area contributed by atoms with E-state index in [4.69, 9.17) is 5.26 Å². The molecule has 1 heterocycles. The van der Waals surface area contributed by atoms with E-state index in [-0.39, 0.29) is 11.7 Å².